The van der Waals surface area contributed by atoms with Crippen molar-refractivity contribution in [3.63, 3.8) is 0 Å². The first-order chi connectivity index (χ1) is 54.6. The third-order valence-corrected chi connectivity index (χ3v) is 22.8. The molecule has 0 radical (unpaired) electrons. The Bertz CT molecular complexity index is 2740. The minimum atomic E-state index is -5.02. The van der Waals surface area contributed by atoms with Gasteiger partial charge < -0.3 is 28.1 Å². The van der Waals surface area contributed by atoms with E-state index in [4.69, 9.17) is 18.9 Å². The largest absolute Gasteiger partial charge is 2.00 e. The van der Waals surface area contributed by atoms with E-state index in [1.54, 1.807) is 0 Å². The van der Waals surface area contributed by atoms with Crippen LogP contribution in [-0.2, 0) is 39.2 Å². The van der Waals surface area contributed by atoms with Crippen LogP contribution in [0.2, 0.25) is 0 Å². The van der Waals surface area contributed by atoms with E-state index in [0.717, 1.165) is 89.2 Å². The summed E-state index contributed by atoms with van der Waals surface area (Å²) in [5, 5.41) is 0. The fraction of sp³-hybridized carbons (Fsp3) is 0.750. The average Bonchev–Trinajstić information content (AvgIpc) is 0.797. The van der Waals surface area contributed by atoms with E-state index in [1.807, 2.05) is 0 Å². The predicted molar refractivity (Wildman–Crippen MR) is 470 cm³/mol. The number of hydrogen-bond acceptors (Lipinski definition) is 14. The molecule has 0 saturated heterocycles. The Kier molecular flexibility index (Phi) is 78.2. The third-order valence-electron chi connectivity index (χ3n) is 21.0. The number of carbonyl (C=O) groups excluding carboxylic acids is 4. The molecule has 0 spiro atoms. The summed E-state index contributed by atoms with van der Waals surface area (Å²) in [5.41, 5.74) is -1.55. The van der Waals surface area contributed by atoms with E-state index in [0.29, 0.717) is 25.7 Å². The van der Waals surface area contributed by atoms with Crippen LogP contribution in [0.15, 0.2) is 94.8 Å². The van der Waals surface area contributed by atoms with Crippen molar-refractivity contribution in [1.82, 2.24) is 0 Å². The maximum atomic E-state index is 13.0. The van der Waals surface area contributed by atoms with Gasteiger partial charge in [-0.3, -0.25) is 0 Å². The molecule has 113 heavy (non-hydrogen) atoms. The molecule has 644 valence electrons. The van der Waals surface area contributed by atoms with Crippen molar-refractivity contribution >= 4 is 81.9 Å². The van der Waals surface area contributed by atoms with Crippen LogP contribution in [-0.4, -0.2) is 114 Å². The van der Waals surface area contributed by atoms with Crippen molar-refractivity contribution in [2.24, 2.45) is 0 Å². The molecule has 0 heterocycles. The number of benzene rings is 2. The Morgan fingerprint density at radius 1 is 0.248 bits per heavy atom. The van der Waals surface area contributed by atoms with Crippen LogP contribution < -0.4 is 0 Å². The second-order valence-electron chi connectivity index (χ2n) is 31.4. The van der Waals surface area contributed by atoms with Crippen molar-refractivity contribution in [2.75, 3.05) is 26.4 Å². The smallest absolute Gasteiger partial charge is 0.744 e. The molecular weight excluding hydrogens is 1480 g/mol. The van der Waals surface area contributed by atoms with Crippen LogP contribution in [0, 0.1) is 0 Å². The van der Waals surface area contributed by atoms with Gasteiger partial charge in [-0.05, 0) is 127 Å². The van der Waals surface area contributed by atoms with Gasteiger partial charge in [0.1, 0.15) is 20.2 Å². The monoisotopic (exact) mass is 1640 g/mol. The topological polar surface area (TPSA) is 220 Å². The Hall–Kier alpha value is -3.64. The molecule has 2 aromatic rings. The van der Waals surface area contributed by atoms with Crippen LogP contribution in [0.1, 0.15) is 480 Å². The van der Waals surface area contributed by atoms with Gasteiger partial charge in [-0.2, -0.15) is 0 Å². The first-order valence-corrected chi connectivity index (χ1v) is 48.9. The first kappa shape index (κ1) is 109. The van der Waals surface area contributed by atoms with Gasteiger partial charge >= 0.3 is 61.6 Å². The molecule has 2 aromatic carbocycles. The van der Waals surface area contributed by atoms with Crippen molar-refractivity contribution in [1.29, 1.82) is 0 Å². The van der Waals surface area contributed by atoms with Crippen LogP contribution in [0.4, 0.5) is 0 Å². The van der Waals surface area contributed by atoms with Crippen LogP contribution in [0.25, 0.3) is 0 Å². The Morgan fingerprint density at radius 2 is 0.407 bits per heavy atom. The van der Waals surface area contributed by atoms with Crippen molar-refractivity contribution < 1.29 is 64.1 Å². The van der Waals surface area contributed by atoms with Gasteiger partial charge in [0.2, 0.25) is 0 Å². The minimum absolute atomic E-state index is 0. The standard InChI is InChI=1S/2C48H82O7S.Ca/c2*1-3-5-7-9-11-13-15-17-19-21-23-25-27-29-31-33-35-37-42-54-47(49)44-40-39-41-45(56(51,52)53)46(44)48(50)55-43-38-36-34-32-30-28-26-24-22-20-18-16-14-12-10-8-6-4-2;/h2*9-12,39-41H,3-8,13-38,42-43H2,1-2H3,(H,51,52,53);/q;;+2/p-2/b2*11-9+,12-10+;. The summed E-state index contributed by atoms with van der Waals surface area (Å²) >= 11 is 0. The van der Waals surface area contributed by atoms with Crippen LogP contribution in [0.5, 0.6) is 0 Å². The van der Waals surface area contributed by atoms with Gasteiger partial charge in [-0.25, -0.2) is 36.0 Å². The molecule has 0 bridgehead atoms. The number of carbonyl (C=O) groups is 4. The van der Waals surface area contributed by atoms with Crippen molar-refractivity contribution in [2.45, 2.75) is 448 Å². The van der Waals surface area contributed by atoms with Crippen molar-refractivity contribution in [3.05, 3.63) is 107 Å². The van der Waals surface area contributed by atoms with Gasteiger partial charge in [-0.1, -0.05) is 397 Å². The predicted octanol–water partition coefficient (Wildman–Crippen LogP) is 28.7. The molecule has 0 aliphatic rings. The fourth-order valence-electron chi connectivity index (χ4n) is 14.0. The molecule has 2 rings (SSSR count). The zero-order valence-corrected chi connectivity index (χ0v) is 76.2. The van der Waals surface area contributed by atoms with Crippen molar-refractivity contribution in [3.8, 4) is 0 Å². The second-order valence-corrected chi connectivity index (χ2v) is 34.1. The summed E-state index contributed by atoms with van der Waals surface area (Å²) in [6.45, 7) is 9.43. The molecule has 0 fully saturated rings. The maximum absolute atomic E-state index is 13.0. The molecular formula is C96H162CaO14S2. The van der Waals surface area contributed by atoms with Gasteiger partial charge in [0, 0.05) is 0 Å². The summed E-state index contributed by atoms with van der Waals surface area (Å²) in [7, 11) is -10.0. The number of esters is 4. The number of ether oxygens (including phenoxy) is 4. The average molecular weight is 1640 g/mol. The molecule has 0 saturated carbocycles. The molecule has 0 unspecified atom stereocenters. The van der Waals surface area contributed by atoms with Crippen LogP contribution in [0.3, 0.4) is 0 Å². The number of hydrogen-bond donors (Lipinski definition) is 0. The molecule has 0 N–H and O–H groups in total. The van der Waals surface area contributed by atoms with Gasteiger partial charge in [0.15, 0.2) is 0 Å². The SMILES string of the molecule is CCCC/C=C/CCCCCCCCCCCCCCOC(=O)c1cccc(S(=O)(=O)[O-])c1C(=O)OCCCCCCCCCCCCCC/C=C/CCCC.CCCC/C=C/CCCCCCCCCCCCCCOC(=O)c1cccc(S(=O)(=O)[O-])c1C(=O)OCCCCCCCCCCCCCC/C=C/CCCC.[Ca+2]. The third kappa shape index (κ3) is 65.9. The minimum Gasteiger partial charge on any atom is -0.744 e. The number of rotatable bonds is 78. The van der Waals surface area contributed by atoms with E-state index < -0.39 is 65.0 Å². The quantitative estimate of drug-likeness (QED) is 0.0150. The van der Waals surface area contributed by atoms with E-state index in [1.165, 1.54) is 332 Å². The Labute approximate surface area is 722 Å². The normalized spacial score (nSPS) is 11.8. The molecule has 14 nitrogen and oxygen atoms in total. The fourth-order valence-corrected chi connectivity index (χ4v) is 15.3. The molecule has 17 heteroatoms. The van der Waals surface area contributed by atoms with Gasteiger partial charge in [-0.15, -0.1) is 0 Å². The Morgan fingerprint density at radius 3 is 0.584 bits per heavy atom. The molecule has 0 amide bonds. The number of unbranched alkanes of at least 4 members (excludes halogenated alkanes) is 56. The summed E-state index contributed by atoms with van der Waals surface area (Å²) in [6, 6.07) is 7.27. The molecule has 0 aliphatic carbocycles. The van der Waals surface area contributed by atoms with E-state index in [2.05, 4.69) is 76.3 Å². The Balaban J connectivity index is 0.00000220. The summed E-state index contributed by atoms with van der Waals surface area (Å²) in [5.74, 6) is -3.62. The zero-order valence-electron chi connectivity index (χ0n) is 72.4. The van der Waals surface area contributed by atoms with Gasteiger partial charge in [0.05, 0.1) is 58.5 Å². The summed E-state index contributed by atoms with van der Waals surface area (Å²) in [6.07, 6.45) is 94.9. The van der Waals surface area contributed by atoms with E-state index >= 15 is 0 Å². The van der Waals surface area contributed by atoms with Crippen LogP contribution >= 0.6 is 0 Å². The molecule has 0 aliphatic heterocycles. The van der Waals surface area contributed by atoms with Gasteiger partial charge in [0.25, 0.3) is 0 Å². The summed E-state index contributed by atoms with van der Waals surface area (Å²) in [4.78, 5) is 50.5. The zero-order chi connectivity index (χ0) is 81.6. The van der Waals surface area contributed by atoms with E-state index in [-0.39, 0.29) is 75.3 Å². The van der Waals surface area contributed by atoms with E-state index in [9.17, 15) is 45.1 Å². The molecule has 0 aromatic heterocycles. The maximum Gasteiger partial charge on any atom is 2.00 e. The molecule has 0 atom stereocenters. The second kappa shape index (κ2) is 80.8. The number of allylic oxidation sites excluding steroid dienone is 8. The summed E-state index contributed by atoms with van der Waals surface area (Å²) < 4.78 is 93.6. The first-order valence-electron chi connectivity index (χ1n) is 46.1.